The molecule has 0 spiro atoms. The van der Waals surface area contributed by atoms with E-state index in [9.17, 15) is 4.79 Å². The molecule has 1 aliphatic rings. The lowest BCUT2D eigenvalue weighted by Crippen LogP contribution is -2.57. The molecular weight excluding hydrogens is 250 g/mol. The highest BCUT2D eigenvalue weighted by Gasteiger charge is 2.28. The van der Waals surface area contributed by atoms with Crippen LogP contribution in [0.15, 0.2) is 36.4 Å². The smallest absolute Gasteiger partial charge is 0.238 e. The Balaban J connectivity index is 1.87. The van der Waals surface area contributed by atoms with Gasteiger partial charge in [-0.15, -0.1) is 0 Å². The second-order valence-corrected chi connectivity index (χ2v) is 5.18. The number of benzene rings is 1. The lowest BCUT2D eigenvalue weighted by atomic mass is 10.1. The molecule has 1 aromatic rings. The van der Waals surface area contributed by atoms with Crippen LogP contribution >= 0.6 is 0 Å². The second kappa shape index (κ2) is 7.22. The van der Waals surface area contributed by atoms with Crippen molar-refractivity contribution in [1.29, 1.82) is 0 Å². The fraction of sp³-hybridized carbons (Fsp3) is 0.438. The lowest BCUT2D eigenvalue weighted by molar-refractivity contribution is -0.127. The van der Waals surface area contributed by atoms with Gasteiger partial charge in [0.05, 0.1) is 0 Å². The molecule has 108 valence electrons. The summed E-state index contributed by atoms with van der Waals surface area (Å²) in [5, 5.41) is 2.74. The number of amides is 1. The molecule has 0 aliphatic carbocycles. The van der Waals surface area contributed by atoms with Crippen LogP contribution < -0.4 is 5.32 Å². The first-order chi connectivity index (χ1) is 9.70. The first-order valence-corrected chi connectivity index (χ1v) is 7.06. The van der Waals surface area contributed by atoms with Gasteiger partial charge in [0.15, 0.2) is 0 Å². The number of nitrogens with one attached hydrogen (secondary N) is 1. The fourth-order valence-corrected chi connectivity index (χ4v) is 2.45. The number of likely N-dealkylation sites (N-methyl/N-ethyl adjacent to an activating group) is 2. The quantitative estimate of drug-likeness (QED) is 0.891. The molecule has 0 saturated carbocycles. The third-order valence-corrected chi connectivity index (χ3v) is 3.75. The van der Waals surface area contributed by atoms with Crippen molar-refractivity contribution >= 4 is 12.0 Å². The van der Waals surface area contributed by atoms with Crippen molar-refractivity contribution in [3.8, 4) is 0 Å². The molecule has 0 radical (unpaired) electrons. The first-order valence-electron chi connectivity index (χ1n) is 7.06. The standard InChI is InChI=1S/C16H23N3O/c1-17-16(20)15-13-19(12-11-18(15)2)10-6-9-14-7-4-3-5-8-14/h3-9,15H,10-13H2,1-2H3,(H,17,20)/b9-6+/t15-/m0/s1. The number of hydrogen-bond donors (Lipinski definition) is 1. The normalized spacial score (nSPS) is 21.2. The van der Waals surface area contributed by atoms with Crippen molar-refractivity contribution in [3.05, 3.63) is 42.0 Å². The van der Waals surface area contributed by atoms with Crippen LogP contribution in [0.5, 0.6) is 0 Å². The molecule has 1 N–H and O–H groups in total. The van der Waals surface area contributed by atoms with Crippen molar-refractivity contribution in [2.75, 3.05) is 40.3 Å². The summed E-state index contributed by atoms with van der Waals surface area (Å²) in [4.78, 5) is 16.3. The van der Waals surface area contributed by atoms with Gasteiger partial charge in [0.1, 0.15) is 6.04 Å². The van der Waals surface area contributed by atoms with E-state index >= 15 is 0 Å². The highest BCUT2D eigenvalue weighted by Crippen LogP contribution is 2.08. The monoisotopic (exact) mass is 273 g/mol. The Kier molecular flexibility index (Phi) is 5.32. The molecule has 4 heteroatoms. The number of carbonyl (C=O) groups is 1. The van der Waals surface area contributed by atoms with Crippen LogP contribution in [0.2, 0.25) is 0 Å². The van der Waals surface area contributed by atoms with E-state index in [0.717, 1.165) is 26.2 Å². The van der Waals surface area contributed by atoms with E-state index in [1.807, 2.05) is 25.2 Å². The van der Waals surface area contributed by atoms with Crippen LogP contribution in [0.4, 0.5) is 0 Å². The number of nitrogens with zero attached hydrogens (tertiary/aromatic N) is 2. The van der Waals surface area contributed by atoms with Gasteiger partial charge in [-0.3, -0.25) is 14.6 Å². The van der Waals surface area contributed by atoms with Gasteiger partial charge in [0, 0.05) is 33.2 Å². The molecule has 2 rings (SSSR count). The second-order valence-electron chi connectivity index (χ2n) is 5.18. The molecule has 1 aromatic carbocycles. The van der Waals surface area contributed by atoms with Gasteiger partial charge in [-0.1, -0.05) is 42.5 Å². The Bertz CT molecular complexity index is 458. The Hall–Kier alpha value is -1.65. The molecule has 1 amide bonds. The van der Waals surface area contributed by atoms with E-state index in [0.29, 0.717) is 0 Å². The summed E-state index contributed by atoms with van der Waals surface area (Å²) < 4.78 is 0. The van der Waals surface area contributed by atoms with E-state index < -0.39 is 0 Å². The molecule has 1 saturated heterocycles. The van der Waals surface area contributed by atoms with Crippen LogP contribution in [0.25, 0.3) is 6.08 Å². The van der Waals surface area contributed by atoms with Gasteiger partial charge in [-0.05, 0) is 12.6 Å². The zero-order chi connectivity index (χ0) is 14.4. The number of piperazine rings is 1. The van der Waals surface area contributed by atoms with Crippen molar-refractivity contribution < 1.29 is 4.79 Å². The molecule has 0 bridgehead atoms. The zero-order valence-corrected chi connectivity index (χ0v) is 12.2. The lowest BCUT2D eigenvalue weighted by Gasteiger charge is -2.37. The van der Waals surface area contributed by atoms with Crippen LogP contribution in [0.3, 0.4) is 0 Å². The average molecular weight is 273 g/mol. The van der Waals surface area contributed by atoms with Gasteiger partial charge in [0.25, 0.3) is 0 Å². The number of rotatable bonds is 4. The molecule has 1 aliphatic heterocycles. The number of carbonyl (C=O) groups excluding carboxylic acids is 1. The van der Waals surface area contributed by atoms with Crippen molar-refractivity contribution in [2.24, 2.45) is 0 Å². The first kappa shape index (κ1) is 14.8. The van der Waals surface area contributed by atoms with Crippen LogP contribution in [0.1, 0.15) is 5.56 Å². The third kappa shape index (κ3) is 3.92. The highest BCUT2D eigenvalue weighted by molar-refractivity contribution is 5.81. The van der Waals surface area contributed by atoms with Gasteiger partial charge < -0.3 is 5.32 Å². The minimum Gasteiger partial charge on any atom is -0.358 e. The van der Waals surface area contributed by atoms with Crippen molar-refractivity contribution in [1.82, 2.24) is 15.1 Å². The summed E-state index contributed by atoms with van der Waals surface area (Å²) in [6.07, 6.45) is 4.30. The summed E-state index contributed by atoms with van der Waals surface area (Å²) >= 11 is 0. The Morgan fingerprint density at radius 1 is 1.35 bits per heavy atom. The largest absolute Gasteiger partial charge is 0.358 e. The van der Waals surface area contributed by atoms with Crippen LogP contribution in [-0.4, -0.2) is 62.0 Å². The van der Waals surface area contributed by atoms with Crippen molar-refractivity contribution in [3.63, 3.8) is 0 Å². The summed E-state index contributed by atoms with van der Waals surface area (Å²) in [5.74, 6) is 0.101. The maximum absolute atomic E-state index is 11.8. The Labute approximate surface area is 121 Å². The minimum absolute atomic E-state index is 0.0427. The maximum atomic E-state index is 11.8. The predicted octanol–water partition coefficient (Wildman–Crippen LogP) is 1.06. The van der Waals surface area contributed by atoms with E-state index in [1.54, 1.807) is 7.05 Å². The number of hydrogen-bond acceptors (Lipinski definition) is 3. The zero-order valence-electron chi connectivity index (χ0n) is 12.2. The molecule has 0 unspecified atom stereocenters. The van der Waals surface area contributed by atoms with Crippen molar-refractivity contribution in [2.45, 2.75) is 6.04 Å². The minimum atomic E-state index is -0.0427. The van der Waals surface area contributed by atoms with Gasteiger partial charge in [0.2, 0.25) is 5.91 Å². The molecular formula is C16H23N3O. The fourth-order valence-electron chi connectivity index (χ4n) is 2.45. The summed E-state index contributed by atoms with van der Waals surface area (Å²) in [6, 6.07) is 10.2. The highest BCUT2D eigenvalue weighted by atomic mass is 16.2. The Morgan fingerprint density at radius 3 is 2.80 bits per heavy atom. The predicted molar refractivity (Wildman–Crippen MR) is 82.4 cm³/mol. The van der Waals surface area contributed by atoms with Gasteiger partial charge in [-0.25, -0.2) is 0 Å². The third-order valence-electron chi connectivity index (χ3n) is 3.75. The van der Waals surface area contributed by atoms with E-state index in [2.05, 4.69) is 39.4 Å². The van der Waals surface area contributed by atoms with Gasteiger partial charge in [-0.2, -0.15) is 0 Å². The molecule has 1 fully saturated rings. The summed E-state index contributed by atoms with van der Waals surface area (Å²) in [7, 11) is 3.71. The summed E-state index contributed by atoms with van der Waals surface area (Å²) in [6.45, 7) is 3.60. The molecule has 20 heavy (non-hydrogen) atoms. The van der Waals surface area contributed by atoms with Crippen LogP contribution in [0, 0.1) is 0 Å². The topological polar surface area (TPSA) is 35.6 Å². The van der Waals surface area contributed by atoms with E-state index in [-0.39, 0.29) is 11.9 Å². The molecule has 0 aromatic heterocycles. The summed E-state index contributed by atoms with van der Waals surface area (Å²) in [5.41, 5.74) is 1.21. The van der Waals surface area contributed by atoms with E-state index in [1.165, 1.54) is 5.56 Å². The maximum Gasteiger partial charge on any atom is 0.238 e. The van der Waals surface area contributed by atoms with E-state index in [4.69, 9.17) is 0 Å². The molecule has 1 atom stereocenters. The SMILES string of the molecule is CNC(=O)[C@@H]1CN(C/C=C/c2ccccc2)CCN1C. The molecule has 1 heterocycles. The van der Waals surface area contributed by atoms with Gasteiger partial charge >= 0.3 is 0 Å². The molecule has 4 nitrogen and oxygen atoms in total. The van der Waals surface area contributed by atoms with Crippen LogP contribution in [-0.2, 0) is 4.79 Å². The Morgan fingerprint density at radius 2 is 2.10 bits per heavy atom. The average Bonchev–Trinajstić information content (AvgIpc) is 2.49.